The van der Waals surface area contributed by atoms with E-state index in [2.05, 4.69) is 10.1 Å². The van der Waals surface area contributed by atoms with Crippen LogP contribution in [0.15, 0.2) is 53.3 Å². The molecule has 2 aromatic heterocycles. The highest BCUT2D eigenvalue weighted by Crippen LogP contribution is 2.27. The van der Waals surface area contributed by atoms with Gasteiger partial charge in [-0.2, -0.15) is 0 Å². The van der Waals surface area contributed by atoms with Gasteiger partial charge in [-0.1, -0.05) is 11.2 Å². The Morgan fingerprint density at radius 3 is 2.79 bits per heavy atom. The number of hydrogen-bond acceptors (Lipinski definition) is 5. The van der Waals surface area contributed by atoms with Crippen LogP contribution >= 0.6 is 0 Å². The Labute approximate surface area is 140 Å². The van der Waals surface area contributed by atoms with E-state index in [1.807, 2.05) is 36.4 Å². The highest BCUT2D eigenvalue weighted by atomic mass is 16.5. The van der Waals surface area contributed by atoms with Crippen LogP contribution in [0.3, 0.4) is 0 Å². The third kappa shape index (κ3) is 3.25. The first kappa shape index (κ1) is 14.8. The molecule has 5 heteroatoms. The van der Waals surface area contributed by atoms with Crippen molar-refractivity contribution in [1.29, 1.82) is 0 Å². The molecule has 0 fully saturated rings. The van der Waals surface area contributed by atoms with Crippen LogP contribution in [0.25, 0.3) is 0 Å². The first-order valence-electron chi connectivity index (χ1n) is 8.15. The minimum Gasteiger partial charge on any atom is -0.487 e. The topological polar surface area (TPSA) is 57.4 Å². The molecule has 0 spiro atoms. The summed E-state index contributed by atoms with van der Waals surface area (Å²) < 4.78 is 17.1. The Morgan fingerprint density at radius 2 is 1.88 bits per heavy atom. The third-order valence-corrected chi connectivity index (χ3v) is 4.08. The van der Waals surface area contributed by atoms with Crippen molar-refractivity contribution < 1.29 is 14.0 Å². The largest absolute Gasteiger partial charge is 0.487 e. The predicted molar refractivity (Wildman–Crippen MR) is 88.2 cm³/mol. The summed E-state index contributed by atoms with van der Waals surface area (Å²) in [5, 5.41) is 4.16. The van der Waals surface area contributed by atoms with E-state index in [1.165, 1.54) is 18.4 Å². The Balaban J connectivity index is 1.44. The van der Waals surface area contributed by atoms with E-state index in [0.29, 0.717) is 18.1 Å². The highest BCUT2D eigenvalue weighted by molar-refractivity contribution is 5.36. The minimum atomic E-state index is 0.412. The second-order valence-corrected chi connectivity index (χ2v) is 5.79. The molecule has 0 saturated heterocycles. The Morgan fingerprint density at radius 1 is 1.00 bits per heavy atom. The molecule has 5 nitrogen and oxygen atoms in total. The molecule has 0 radical (unpaired) electrons. The molecule has 0 aliphatic heterocycles. The molecule has 122 valence electrons. The van der Waals surface area contributed by atoms with Crippen LogP contribution in [0.5, 0.6) is 17.2 Å². The van der Waals surface area contributed by atoms with Crippen LogP contribution in [-0.4, -0.2) is 10.1 Å². The smallest absolute Gasteiger partial charge is 0.145 e. The van der Waals surface area contributed by atoms with Gasteiger partial charge in [-0.05, 0) is 43.5 Å². The molecule has 0 atom stereocenters. The predicted octanol–water partition coefficient (Wildman–Crippen LogP) is 4.32. The molecule has 1 aliphatic carbocycles. The zero-order valence-electron chi connectivity index (χ0n) is 13.3. The van der Waals surface area contributed by atoms with Gasteiger partial charge in [-0.25, -0.2) is 0 Å². The van der Waals surface area contributed by atoms with Crippen molar-refractivity contribution in [1.82, 2.24) is 10.1 Å². The lowest BCUT2D eigenvalue weighted by molar-refractivity contribution is 0.285. The molecule has 0 saturated carbocycles. The lowest BCUT2D eigenvalue weighted by atomic mass is 9.97. The number of aromatic nitrogens is 2. The zero-order valence-corrected chi connectivity index (χ0v) is 13.3. The normalized spacial score (nSPS) is 13.3. The third-order valence-electron chi connectivity index (χ3n) is 4.08. The molecule has 0 amide bonds. The van der Waals surface area contributed by atoms with Crippen LogP contribution in [-0.2, 0) is 19.4 Å². The Hall–Kier alpha value is -2.82. The second-order valence-electron chi connectivity index (χ2n) is 5.79. The lowest BCUT2D eigenvalue weighted by Crippen LogP contribution is -2.04. The van der Waals surface area contributed by atoms with Crippen molar-refractivity contribution in [3.8, 4) is 17.2 Å². The molecule has 3 aromatic rings. The molecule has 4 rings (SSSR count). The Kier molecular flexibility index (Phi) is 4.14. The number of pyridine rings is 1. The lowest BCUT2D eigenvalue weighted by Gasteiger charge is -2.11. The molecule has 0 bridgehead atoms. The second kappa shape index (κ2) is 6.74. The van der Waals surface area contributed by atoms with Crippen molar-refractivity contribution in [2.45, 2.75) is 32.3 Å². The van der Waals surface area contributed by atoms with Gasteiger partial charge in [0.05, 0.1) is 6.20 Å². The number of benzene rings is 1. The van der Waals surface area contributed by atoms with E-state index in [0.717, 1.165) is 30.0 Å². The summed E-state index contributed by atoms with van der Waals surface area (Å²) in [7, 11) is 0. The van der Waals surface area contributed by atoms with E-state index in [9.17, 15) is 0 Å². The first-order valence-corrected chi connectivity index (χ1v) is 8.15. The molecule has 24 heavy (non-hydrogen) atoms. The summed E-state index contributed by atoms with van der Waals surface area (Å²) in [6.07, 6.45) is 7.77. The fourth-order valence-corrected chi connectivity index (χ4v) is 2.89. The minimum absolute atomic E-state index is 0.412. The van der Waals surface area contributed by atoms with E-state index < -0.39 is 0 Å². The van der Waals surface area contributed by atoms with E-state index >= 15 is 0 Å². The van der Waals surface area contributed by atoms with Crippen molar-refractivity contribution in [3.05, 3.63) is 65.8 Å². The van der Waals surface area contributed by atoms with Gasteiger partial charge >= 0.3 is 0 Å². The zero-order chi connectivity index (χ0) is 16.2. The summed E-state index contributed by atoms with van der Waals surface area (Å²) >= 11 is 0. The van der Waals surface area contributed by atoms with Gasteiger partial charge in [0.25, 0.3) is 0 Å². The maximum absolute atomic E-state index is 5.88. The standard InChI is InChI=1S/C19H18N2O3/c1-2-9-19-17(8-1)18(21-24-19)13-22-14-5-3-6-15(11-14)23-16-7-4-10-20-12-16/h3-7,10-12H,1-2,8-9,13H2. The number of aryl methyl sites for hydroxylation is 1. The van der Waals surface area contributed by atoms with Gasteiger partial charge in [-0.3, -0.25) is 4.98 Å². The van der Waals surface area contributed by atoms with Gasteiger partial charge in [0.1, 0.15) is 35.3 Å². The highest BCUT2D eigenvalue weighted by Gasteiger charge is 2.19. The van der Waals surface area contributed by atoms with Crippen LogP contribution in [0.1, 0.15) is 29.9 Å². The monoisotopic (exact) mass is 322 g/mol. The van der Waals surface area contributed by atoms with Crippen LogP contribution < -0.4 is 9.47 Å². The first-order chi connectivity index (χ1) is 11.9. The summed E-state index contributed by atoms with van der Waals surface area (Å²) in [5.74, 6) is 3.17. The van der Waals surface area contributed by atoms with Gasteiger partial charge in [-0.15, -0.1) is 0 Å². The van der Waals surface area contributed by atoms with Gasteiger partial charge in [0, 0.05) is 24.2 Å². The average Bonchev–Trinajstić information content (AvgIpc) is 3.04. The number of hydrogen-bond donors (Lipinski definition) is 0. The van der Waals surface area contributed by atoms with E-state index in [4.69, 9.17) is 14.0 Å². The molecular formula is C19H18N2O3. The van der Waals surface area contributed by atoms with Crippen molar-refractivity contribution >= 4 is 0 Å². The molecule has 1 aliphatic rings. The van der Waals surface area contributed by atoms with Gasteiger partial charge in [0.2, 0.25) is 0 Å². The number of fused-ring (bicyclic) bond motifs is 1. The van der Waals surface area contributed by atoms with Crippen molar-refractivity contribution in [3.63, 3.8) is 0 Å². The molecule has 0 N–H and O–H groups in total. The van der Waals surface area contributed by atoms with Crippen LogP contribution in [0.4, 0.5) is 0 Å². The number of ether oxygens (including phenoxy) is 2. The van der Waals surface area contributed by atoms with Crippen LogP contribution in [0.2, 0.25) is 0 Å². The SMILES string of the molecule is c1cncc(Oc2cccc(OCc3noc4c3CCCC4)c2)c1. The molecule has 1 aromatic carbocycles. The molecular weight excluding hydrogens is 304 g/mol. The van der Waals surface area contributed by atoms with E-state index in [-0.39, 0.29) is 0 Å². The van der Waals surface area contributed by atoms with Crippen LogP contribution in [0, 0.1) is 0 Å². The molecule has 0 unspecified atom stereocenters. The maximum atomic E-state index is 5.88. The number of rotatable bonds is 5. The fraction of sp³-hybridized carbons (Fsp3) is 0.263. The van der Waals surface area contributed by atoms with Crippen molar-refractivity contribution in [2.75, 3.05) is 0 Å². The van der Waals surface area contributed by atoms with E-state index in [1.54, 1.807) is 12.4 Å². The quantitative estimate of drug-likeness (QED) is 0.700. The summed E-state index contributed by atoms with van der Waals surface area (Å²) in [4.78, 5) is 4.04. The fourth-order valence-electron chi connectivity index (χ4n) is 2.89. The Bertz CT molecular complexity index is 814. The van der Waals surface area contributed by atoms with Gasteiger partial charge in [0.15, 0.2) is 0 Å². The van der Waals surface area contributed by atoms with Gasteiger partial charge < -0.3 is 14.0 Å². The van der Waals surface area contributed by atoms with Crippen molar-refractivity contribution in [2.24, 2.45) is 0 Å². The maximum Gasteiger partial charge on any atom is 0.145 e. The summed E-state index contributed by atoms with van der Waals surface area (Å²) in [6, 6.07) is 11.3. The summed E-state index contributed by atoms with van der Waals surface area (Å²) in [6.45, 7) is 0.412. The number of nitrogens with zero attached hydrogens (tertiary/aromatic N) is 2. The summed E-state index contributed by atoms with van der Waals surface area (Å²) in [5.41, 5.74) is 2.13. The average molecular weight is 322 g/mol. The molecule has 2 heterocycles.